The van der Waals surface area contributed by atoms with Crippen molar-refractivity contribution in [2.24, 2.45) is 4.99 Å². The van der Waals surface area contributed by atoms with Crippen LogP contribution in [0.25, 0.3) is 11.9 Å². The Kier molecular flexibility index (Phi) is 10.2. The summed E-state index contributed by atoms with van der Waals surface area (Å²) < 4.78 is 48.2. The zero-order valence-electron chi connectivity index (χ0n) is 19.1. The summed E-state index contributed by atoms with van der Waals surface area (Å²) in [6, 6.07) is 1.45. The number of aromatic nitrogens is 3. The van der Waals surface area contributed by atoms with Gasteiger partial charge in [0.15, 0.2) is 23.3 Å². The number of carbonyl (C=O) groups excluding carboxylic acids is 1. The summed E-state index contributed by atoms with van der Waals surface area (Å²) in [7, 11) is 1.40. The van der Waals surface area contributed by atoms with Crippen molar-refractivity contribution in [1.29, 1.82) is 0 Å². The molecule has 34 heavy (non-hydrogen) atoms. The van der Waals surface area contributed by atoms with Gasteiger partial charge in [-0.25, -0.2) is 24.1 Å². The highest BCUT2D eigenvalue weighted by Crippen LogP contribution is 2.28. The van der Waals surface area contributed by atoms with Crippen molar-refractivity contribution >= 4 is 58.9 Å². The zero-order chi connectivity index (χ0) is 25.5. The molecule has 0 N–H and O–H groups in total. The predicted octanol–water partition coefficient (Wildman–Crippen LogP) is 6.55. The summed E-state index contributed by atoms with van der Waals surface area (Å²) in [5.74, 6) is -1.42. The summed E-state index contributed by atoms with van der Waals surface area (Å²) in [5.41, 5.74) is -0.345. The van der Waals surface area contributed by atoms with Crippen molar-refractivity contribution in [1.82, 2.24) is 19.3 Å². The van der Waals surface area contributed by atoms with Gasteiger partial charge >= 0.3 is 6.09 Å². The maximum absolute atomic E-state index is 14.5. The second kappa shape index (κ2) is 12.4. The number of pyridine rings is 1. The Labute approximate surface area is 209 Å². The zero-order valence-corrected chi connectivity index (χ0v) is 21.4. The fraction of sp³-hybridized carbons (Fsp3) is 0.381. The van der Waals surface area contributed by atoms with E-state index in [2.05, 4.69) is 19.9 Å². The molecule has 0 radical (unpaired) electrons. The van der Waals surface area contributed by atoms with Gasteiger partial charge in [-0.1, -0.05) is 30.3 Å². The second-order valence-corrected chi connectivity index (χ2v) is 10.2. The van der Waals surface area contributed by atoms with E-state index in [1.165, 1.54) is 31.7 Å². The van der Waals surface area contributed by atoms with E-state index in [0.717, 1.165) is 17.8 Å². The first-order valence-corrected chi connectivity index (χ1v) is 11.8. The molecule has 0 aromatic carbocycles. The molecule has 0 fully saturated rings. The third-order valence-electron chi connectivity index (χ3n) is 3.90. The number of thioether (sulfide) groups is 1. The molecule has 1 unspecified atom stereocenters. The van der Waals surface area contributed by atoms with Gasteiger partial charge in [-0.05, 0) is 44.9 Å². The van der Waals surface area contributed by atoms with Crippen LogP contribution in [0.15, 0.2) is 29.6 Å². The number of amides is 1. The molecule has 0 aliphatic rings. The molecule has 0 bridgehead atoms. The third kappa shape index (κ3) is 8.48. The predicted molar refractivity (Wildman–Crippen MR) is 131 cm³/mol. The molecular formula is C21H23ClF3N5O2S2. The number of amidine groups is 1. The topological polar surface area (TPSA) is 80.6 Å². The molecule has 2 aromatic rings. The number of nitrogens with zero attached hydrogens (tertiary/aromatic N) is 5. The van der Waals surface area contributed by atoms with Gasteiger partial charge in [0.25, 0.3) is 0 Å². The first kappa shape index (κ1) is 27.9. The molecular weight excluding hydrogens is 511 g/mol. The van der Waals surface area contributed by atoms with E-state index in [-0.39, 0.29) is 45.6 Å². The Hall–Kier alpha value is -2.31. The summed E-state index contributed by atoms with van der Waals surface area (Å²) >= 11 is 6.37. The van der Waals surface area contributed by atoms with E-state index in [9.17, 15) is 17.5 Å². The lowest BCUT2D eigenvalue weighted by molar-refractivity contribution is 0.0474. The molecule has 1 atom stereocenters. The Morgan fingerprint density at radius 3 is 2.56 bits per heavy atom. The van der Waals surface area contributed by atoms with Gasteiger partial charge in [-0.2, -0.15) is 8.70 Å². The van der Waals surface area contributed by atoms with Crippen LogP contribution in [0.4, 0.5) is 17.5 Å². The summed E-state index contributed by atoms with van der Waals surface area (Å²) in [4.78, 5) is 27.6. The van der Waals surface area contributed by atoms with Gasteiger partial charge in [-0.15, -0.1) is 3.89 Å². The van der Waals surface area contributed by atoms with Crippen LogP contribution in [0, 0.1) is 5.95 Å². The van der Waals surface area contributed by atoms with Crippen LogP contribution >= 0.6 is 35.7 Å². The first-order valence-electron chi connectivity index (χ1n) is 9.88. The van der Waals surface area contributed by atoms with Gasteiger partial charge < -0.3 is 4.74 Å². The molecule has 0 spiro atoms. The lowest BCUT2D eigenvalue weighted by Gasteiger charge is -2.25. The number of aliphatic imine (C=N–C) groups is 1. The van der Waals surface area contributed by atoms with Gasteiger partial charge in [0.05, 0.1) is 12.4 Å². The Morgan fingerprint density at radius 2 is 2.00 bits per heavy atom. The van der Waals surface area contributed by atoms with Crippen LogP contribution in [0.5, 0.6) is 0 Å². The number of hydrogen-bond donors (Lipinski definition) is 0. The number of carbonyl (C=O) groups is 1. The van der Waals surface area contributed by atoms with E-state index in [4.69, 9.17) is 16.3 Å². The molecule has 2 rings (SSSR count). The maximum Gasteiger partial charge on any atom is 0.428 e. The van der Waals surface area contributed by atoms with Crippen LogP contribution < -0.4 is 0 Å². The van der Waals surface area contributed by atoms with Crippen molar-refractivity contribution in [2.75, 3.05) is 7.05 Å². The highest BCUT2D eigenvalue weighted by molar-refractivity contribution is 8.15. The number of halogens is 4. The van der Waals surface area contributed by atoms with Crippen LogP contribution in [0.1, 0.15) is 44.5 Å². The lowest BCUT2D eigenvalue weighted by atomic mass is 10.1. The van der Waals surface area contributed by atoms with E-state index >= 15 is 0 Å². The monoisotopic (exact) mass is 533 g/mol. The van der Waals surface area contributed by atoms with Gasteiger partial charge in [0.1, 0.15) is 16.4 Å². The summed E-state index contributed by atoms with van der Waals surface area (Å²) in [6.07, 6.45) is 3.94. The highest BCUT2D eigenvalue weighted by Gasteiger charge is 2.28. The first-order chi connectivity index (χ1) is 15.9. The van der Waals surface area contributed by atoms with E-state index < -0.39 is 23.5 Å². The van der Waals surface area contributed by atoms with Crippen molar-refractivity contribution < 1.29 is 22.2 Å². The van der Waals surface area contributed by atoms with Crippen molar-refractivity contribution in [3.05, 3.63) is 52.6 Å². The molecule has 0 saturated carbocycles. The number of hydrogen-bond acceptors (Lipinski definition) is 8. The minimum absolute atomic E-state index is 0.0334. The van der Waals surface area contributed by atoms with Crippen molar-refractivity contribution in [3.8, 4) is 0 Å². The van der Waals surface area contributed by atoms with Crippen LogP contribution in [-0.2, 0) is 11.2 Å². The Balaban J connectivity index is 2.15. The molecule has 2 aromatic heterocycles. The Bertz CT molecular complexity index is 1070. The van der Waals surface area contributed by atoms with E-state index in [0.29, 0.717) is 9.87 Å². The number of rotatable bonds is 6. The largest absolute Gasteiger partial charge is 0.443 e. The van der Waals surface area contributed by atoms with Crippen LogP contribution in [-0.4, -0.2) is 48.4 Å². The lowest BCUT2D eigenvalue weighted by Crippen LogP contribution is -2.35. The normalized spacial score (nSPS) is 13.6. The van der Waals surface area contributed by atoms with E-state index in [1.54, 1.807) is 27.7 Å². The summed E-state index contributed by atoms with van der Waals surface area (Å²) in [6.45, 7) is 6.72. The molecule has 2 heterocycles. The van der Waals surface area contributed by atoms with Gasteiger partial charge in [0.2, 0.25) is 5.95 Å². The van der Waals surface area contributed by atoms with Gasteiger partial charge in [-0.3, -0.25) is 4.99 Å². The average molecular weight is 534 g/mol. The molecule has 0 aliphatic carbocycles. The minimum Gasteiger partial charge on any atom is -0.443 e. The summed E-state index contributed by atoms with van der Waals surface area (Å²) in [5, 5.41) is -0.176. The van der Waals surface area contributed by atoms with E-state index in [1.807, 2.05) is 0 Å². The van der Waals surface area contributed by atoms with Crippen molar-refractivity contribution in [2.45, 2.75) is 45.0 Å². The number of ether oxygens (including phenoxy) is 1. The molecule has 184 valence electrons. The maximum atomic E-state index is 14.5. The highest BCUT2D eigenvalue weighted by atomic mass is 35.5. The molecule has 0 aliphatic heterocycles. The molecule has 0 saturated heterocycles. The minimum atomic E-state index is -0.916. The smallest absolute Gasteiger partial charge is 0.428 e. The molecule has 13 heteroatoms. The van der Waals surface area contributed by atoms with Crippen LogP contribution in [0.2, 0.25) is 5.15 Å². The van der Waals surface area contributed by atoms with Gasteiger partial charge in [0, 0.05) is 24.1 Å². The standard InChI is InChI=1S/C21H23ClF3N5O2S2/c1-12(33-19(26-5)30(34-25)20(31)32-21(2,3)4)6-14-7-13(9-29-18(14)24)8-15(23)16-10-28-17(22)11-27-16/h7-12H,6H2,1-5H3/b15-8-,26-19?. The van der Waals surface area contributed by atoms with Crippen LogP contribution in [0.3, 0.4) is 0 Å². The SMILES string of the molecule is CN=C(SC(C)Cc1cc(/C=C(\F)c2cnc(Cl)cn2)cnc1F)N(SF)C(=O)OC(C)(C)C. The van der Waals surface area contributed by atoms with Crippen molar-refractivity contribution in [3.63, 3.8) is 0 Å². The second-order valence-electron chi connectivity index (χ2n) is 7.92. The fourth-order valence-corrected chi connectivity index (χ4v) is 4.00. The molecule has 7 nitrogen and oxygen atoms in total. The average Bonchev–Trinajstić information content (AvgIpc) is 2.75. The quantitative estimate of drug-likeness (QED) is 0.180. The fourth-order valence-electron chi connectivity index (χ4n) is 2.55. The third-order valence-corrected chi connectivity index (χ3v) is 5.81. The Morgan fingerprint density at radius 1 is 1.29 bits per heavy atom. The molecule has 1 amide bonds.